The van der Waals surface area contributed by atoms with Crippen molar-refractivity contribution in [2.75, 3.05) is 6.54 Å². The maximum absolute atomic E-state index is 13.5. The van der Waals surface area contributed by atoms with Crippen molar-refractivity contribution in [1.29, 1.82) is 0 Å². The van der Waals surface area contributed by atoms with Crippen LogP contribution in [0.5, 0.6) is 0 Å². The number of nitrogens with one attached hydrogen (secondary N) is 1. The van der Waals surface area contributed by atoms with Gasteiger partial charge in [-0.2, -0.15) is 0 Å². The first-order chi connectivity index (χ1) is 8.07. The third-order valence-electron chi connectivity index (χ3n) is 2.81. The molecule has 3 atom stereocenters. The zero-order valence-electron chi connectivity index (χ0n) is 10.6. The average molecular weight is 257 g/mol. The van der Waals surface area contributed by atoms with Crippen molar-refractivity contribution in [3.8, 4) is 0 Å². The minimum atomic E-state index is -1.31. The highest BCUT2D eigenvalue weighted by molar-refractivity contribution is 7.85. The van der Waals surface area contributed by atoms with Crippen LogP contribution >= 0.6 is 0 Å². The van der Waals surface area contributed by atoms with E-state index in [0.29, 0.717) is 4.90 Å². The van der Waals surface area contributed by atoms with E-state index in [1.54, 1.807) is 18.2 Å². The molecular formula is C13H20FNOS. The third kappa shape index (κ3) is 3.89. The Labute approximate surface area is 105 Å². The van der Waals surface area contributed by atoms with Crippen LogP contribution in [0, 0.1) is 5.82 Å². The van der Waals surface area contributed by atoms with Gasteiger partial charge in [0, 0.05) is 6.04 Å². The molecule has 0 heterocycles. The Balaban J connectivity index is 2.73. The number of rotatable bonds is 6. The SMILES string of the molecule is CCCNC(C)C(C)S(=O)c1ccccc1F. The lowest BCUT2D eigenvalue weighted by Crippen LogP contribution is -2.38. The summed E-state index contributed by atoms with van der Waals surface area (Å²) < 4.78 is 25.7. The molecule has 0 aliphatic heterocycles. The van der Waals surface area contributed by atoms with Crippen molar-refractivity contribution in [1.82, 2.24) is 5.32 Å². The van der Waals surface area contributed by atoms with Gasteiger partial charge in [0.1, 0.15) is 5.82 Å². The molecule has 0 aliphatic carbocycles. The molecule has 1 aromatic rings. The van der Waals surface area contributed by atoms with E-state index in [2.05, 4.69) is 12.2 Å². The van der Waals surface area contributed by atoms with Gasteiger partial charge in [-0.15, -0.1) is 0 Å². The predicted octanol–water partition coefficient (Wildman–Crippen LogP) is 2.71. The maximum atomic E-state index is 13.5. The van der Waals surface area contributed by atoms with Crippen LogP contribution in [0.25, 0.3) is 0 Å². The topological polar surface area (TPSA) is 29.1 Å². The molecule has 2 nitrogen and oxygen atoms in total. The van der Waals surface area contributed by atoms with Crippen molar-refractivity contribution in [3.05, 3.63) is 30.1 Å². The first-order valence-electron chi connectivity index (χ1n) is 5.96. The number of hydrogen-bond acceptors (Lipinski definition) is 2. The third-order valence-corrected chi connectivity index (χ3v) is 4.66. The fraction of sp³-hybridized carbons (Fsp3) is 0.538. The van der Waals surface area contributed by atoms with Gasteiger partial charge in [-0.1, -0.05) is 19.1 Å². The lowest BCUT2D eigenvalue weighted by Gasteiger charge is -2.20. The molecule has 0 bridgehead atoms. The molecule has 0 aliphatic rings. The molecule has 4 heteroatoms. The van der Waals surface area contributed by atoms with Crippen LogP contribution in [0.15, 0.2) is 29.2 Å². The Kier molecular flexibility index (Phi) is 5.78. The van der Waals surface area contributed by atoms with Gasteiger partial charge in [0.2, 0.25) is 0 Å². The van der Waals surface area contributed by atoms with E-state index in [0.717, 1.165) is 13.0 Å². The highest BCUT2D eigenvalue weighted by Gasteiger charge is 2.21. The second kappa shape index (κ2) is 6.87. The second-order valence-electron chi connectivity index (χ2n) is 4.18. The van der Waals surface area contributed by atoms with Crippen LogP contribution in [-0.4, -0.2) is 22.0 Å². The number of hydrogen-bond donors (Lipinski definition) is 1. The van der Waals surface area contributed by atoms with Gasteiger partial charge in [0.15, 0.2) is 0 Å². The molecule has 0 fully saturated rings. The van der Waals surface area contributed by atoms with E-state index in [1.165, 1.54) is 6.07 Å². The molecule has 0 spiro atoms. The van der Waals surface area contributed by atoms with E-state index >= 15 is 0 Å². The van der Waals surface area contributed by atoms with Crippen molar-refractivity contribution >= 4 is 10.8 Å². The fourth-order valence-corrected chi connectivity index (χ4v) is 2.87. The molecular weight excluding hydrogens is 237 g/mol. The van der Waals surface area contributed by atoms with E-state index in [-0.39, 0.29) is 17.1 Å². The first kappa shape index (κ1) is 14.3. The van der Waals surface area contributed by atoms with Gasteiger partial charge in [-0.05, 0) is 38.9 Å². The maximum Gasteiger partial charge on any atom is 0.139 e. The summed E-state index contributed by atoms with van der Waals surface area (Å²) in [7, 11) is -1.31. The summed E-state index contributed by atoms with van der Waals surface area (Å²) in [6.07, 6.45) is 1.03. The Morgan fingerprint density at radius 3 is 2.59 bits per heavy atom. The normalized spacial score (nSPS) is 16.5. The van der Waals surface area contributed by atoms with Gasteiger partial charge in [-0.3, -0.25) is 4.21 Å². The molecule has 0 amide bonds. The van der Waals surface area contributed by atoms with E-state index < -0.39 is 10.8 Å². The van der Waals surface area contributed by atoms with Gasteiger partial charge in [0.05, 0.1) is 20.9 Å². The summed E-state index contributed by atoms with van der Waals surface area (Å²) in [5, 5.41) is 3.17. The summed E-state index contributed by atoms with van der Waals surface area (Å²) in [6, 6.07) is 6.38. The van der Waals surface area contributed by atoms with Crippen LogP contribution in [0.4, 0.5) is 4.39 Å². The van der Waals surface area contributed by atoms with Crippen molar-refractivity contribution in [2.24, 2.45) is 0 Å². The van der Waals surface area contributed by atoms with Crippen LogP contribution in [-0.2, 0) is 10.8 Å². The second-order valence-corrected chi connectivity index (χ2v) is 5.95. The lowest BCUT2D eigenvalue weighted by molar-refractivity contribution is 0.528. The predicted molar refractivity (Wildman–Crippen MR) is 70.0 cm³/mol. The summed E-state index contributed by atoms with van der Waals surface area (Å²) in [6.45, 7) is 6.84. The van der Waals surface area contributed by atoms with Gasteiger partial charge < -0.3 is 5.32 Å². The molecule has 3 unspecified atom stereocenters. The minimum Gasteiger partial charge on any atom is -0.313 e. The van der Waals surface area contributed by atoms with Crippen molar-refractivity contribution in [2.45, 2.75) is 43.4 Å². The van der Waals surface area contributed by atoms with E-state index in [9.17, 15) is 8.60 Å². The van der Waals surface area contributed by atoms with Crippen LogP contribution < -0.4 is 5.32 Å². The minimum absolute atomic E-state index is 0.107. The summed E-state index contributed by atoms with van der Waals surface area (Å²) in [5.41, 5.74) is 0. The largest absolute Gasteiger partial charge is 0.313 e. The van der Waals surface area contributed by atoms with Crippen molar-refractivity contribution < 1.29 is 8.60 Å². The Bertz CT molecular complexity index is 383. The van der Waals surface area contributed by atoms with Gasteiger partial charge in [-0.25, -0.2) is 4.39 Å². The smallest absolute Gasteiger partial charge is 0.139 e. The summed E-state index contributed by atoms with van der Waals surface area (Å²) >= 11 is 0. The molecule has 0 aromatic heterocycles. The summed E-state index contributed by atoms with van der Waals surface area (Å²) in [5.74, 6) is -0.389. The van der Waals surface area contributed by atoms with E-state index in [4.69, 9.17) is 0 Å². The first-order valence-corrected chi connectivity index (χ1v) is 7.17. The molecule has 0 saturated carbocycles. The van der Waals surface area contributed by atoms with Crippen LogP contribution in [0.2, 0.25) is 0 Å². The molecule has 1 rings (SSSR count). The molecule has 1 aromatic carbocycles. The highest BCUT2D eigenvalue weighted by Crippen LogP contribution is 2.17. The molecule has 0 radical (unpaired) electrons. The highest BCUT2D eigenvalue weighted by atomic mass is 32.2. The lowest BCUT2D eigenvalue weighted by atomic mass is 10.2. The average Bonchev–Trinajstić information content (AvgIpc) is 2.34. The quantitative estimate of drug-likeness (QED) is 0.849. The monoisotopic (exact) mass is 257 g/mol. The van der Waals surface area contributed by atoms with Crippen LogP contribution in [0.1, 0.15) is 27.2 Å². The van der Waals surface area contributed by atoms with Gasteiger partial charge >= 0.3 is 0 Å². The number of benzene rings is 1. The van der Waals surface area contributed by atoms with E-state index in [1.807, 2.05) is 13.8 Å². The Hall–Kier alpha value is -0.740. The van der Waals surface area contributed by atoms with Crippen LogP contribution in [0.3, 0.4) is 0 Å². The summed E-state index contributed by atoms with van der Waals surface area (Å²) in [4.78, 5) is 0.296. The zero-order valence-corrected chi connectivity index (χ0v) is 11.4. The molecule has 17 heavy (non-hydrogen) atoms. The molecule has 1 N–H and O–H groups in total. The Morgan fingerprint density at radius 1 is 1.35 bits per heavy atom. The Morgan fingerprint density at radius 2 is 2.00 bits per heavy atom. The zero-order chi connectivity index (χ0) is 12.8. The number of halogens is 1. The standard InChI is InChI=1S/C13H20FNOS/c1-4-9-15-10(2)11(3)17(16)13-8-6-5-7-12(13)14/h5-8,10-11,15H,4,9H2,1-3H3. The van der Waals surface area contributed by atoms with Gasteiger partial charge in [0.25, 0.3) is 0 Å². The molecule has 0 saturated heterocycles. The fourth-order valence-electron chi connectivity index (χ4n) is 1.53. The molecule has 96 valence electrons. The van der Waals surface area contributed by atoms with Crippen molar-refractivity contribution in [3.63, 3.8) is 0 Å².